The molecule has 0 atom stereocenters. The van der Waals surface area contributed by atoms with E-state index in [9.17, 15) is 4.79 Å². The molecule has 20 heavy (non-hydrogen) atoms. The highest BCUT2D eigenvalue weighted by atomic mass is 16.4. The van der Waals surface area contributed by atoms with Crippen molar-refractivity contribution in [3.63, 3.8) is 0 Å². The summed E-state index contributed by atoms with van der Waals surface area (Å²) < 4.78 is 1.93. The molecule has 0 aromatic carbocycles. The standard InChI is InChI=1S/C15H25N3O2/c1-16(2)8-4-9-17-11-6-13(7-12-17)18-10-3-5-14(18)15(19)20/h3,5,10,13H,4,6-9,11-12H2,1-2H3,(H,19,20). The average molecular weight is 279 g/mol. The summed E-state index contributed by atoms with van der Waals surface area (Å²) in [5, 5.41) is 9.17. The van der Waals surface area contributed by atoms with Crippen LogP contribution >= 0.6 is 0 Å². The third kappa shape index (κ3) is 3.84. The Kier molecular flexibility index (Phi) is 5.20. The number of rotatable bonds is 6. The number of carboxylic acids is 1. The van der Waals surface area contributed by atoms with Crippen LogP contribution in [0.25, 0.3) is 0 Å². The molecule has 1 aromatic heterocycles. The van der Waals surface area contributed by atoms with E-state index in [1.165, 1.54) is 6.42 Å². The van der Waals surface area contributed by atoms with Gasteiger partial charge in [0.15, 0.2) is 0 Å². The zero-order valence-corrected chi connectivity index (χ0v) is 12.5. The van der Waals surface area contributed by atoms with Gasteiger partial charge in [-0.15, -0.1) is 0 Å². The molecule has 0 unspecified atom stereocenters. The molecular weight excluding hydrogens is 254 g/mol. The third-order valence-electron chi connectivity index (χ3n) is 4.03. The Morgan fingerprint density at radius 3 is 2.70 bits per heavy atom. The van der Waals surface area contributed by atoms with Crippen LogP contribution in [0.1, 0.15) is 35.8 Å². The van der Waals surface area contributed by atoms with Gasteiger partial charge in [-0.3, -0.25) is 0 Å². The van der Waals surface area contributed by atoms with E-state index in [1.807, 2.05) is 16.8 Å². The molecule has 0 amide bonds. The number of aromatic nitrogens is 1. The maximum Gasteiger partial charge on any atom is 0.352 e. The number of aromatic carboxylic acids is 1. The predicted octanol–water partition coefficient (Wildman–Crippen LogP) is 1.77. The molecule has 0 bridgehead atoms. The molecule has 0 radical (unpaired) electrons. The van der Waals surface area contributed by atoms with Crippen LogP contribution in [0, 0.1) is 0 Å². The highest BCUT2D eigenvalue weighted by molar-refractivity contribution is 5.85. The Morgan fingerprint density at radius 2 is 2.10 bits per heavy atom. The second-order valence-electron chi connectivity index (χ2n) is 5.84. The first kappa shape index (κ1) is 15.1. The van der Waals surface area contributed by atoms with E-state index < -0.39 is 5.97 Å². The van der Waals surface area contributed by atoms with E-state index in [1.54, 1.807) is 6.07 Å². The molecule has 5 nitrogen and oxygen atoms in total. The highest BCUT2D eigenvalue weighted by Crippen LogP contribution is 2.24. The molecule has 1 N–H and O–H groups in total. The second-order valence-corrected chi connectivity index (χ2v) is 5.84. The molecule has 0 saturated carbocycles. The summed E-state index contributed by atoms with van der Waals surface area (Å²) in [4.78, 5) is 15.9. The van der Waals surface area contributed by atoms with Crippen molar-refractivity contribution in [3.05, 3.63) is 24.0 Å². The van der Waals surface area contributed by atoms with Gasteiger partial charge in [-0.1, -0.05) is 0 Å². The first-order valence-corrected chi connectivity index (χ1v) is 7.35. The van der Waals surface area contributed by atoms with E-state index in [4.69, 9.17) is 5.11 Å². The topological polar surface area (TPSA) is 48.7 Å². The first-order valence-electron chi connectivity index (χ1n) is 7.35. The van der Waals surface area contributed by atoms with Crippen molar-refractivity contribution in [2.75, 3.05) is 40.3 Å². The van der Waals surface area contributed by atoms with Crippen LogP contribution in [-0.4, -0.2) is 65.7 Å². The van der Waals surface area contributed by atoms with Crippen LogP contribution in [0.4, 0.5) is 0 Å². The Morgan fingerprint density at radius 1 is 1.40 bits per heavy atom. The van der Waals surface area contributed by atoms with Crippen molar-refractivity contribution in [1.29, 1.82) is 0 Å². The molecule has 2 rings (SSSR count). The third-order valence-corrected chi connectivity index (χ3v) is 4.03. The van der Waals surface area contributed by atoms with Crippen molar-refractivity contribution < 1.29 is 9.90 Å². The zero-order chi connectivity index (χ0) is 14.5. The summed E-state index contributed by atoms with van der Waals surface area (Å²) in [6.07, 6.45) is 5.17. The Labute approximate surface area is 120 Å². The quantitative estimate of drug-likeness (QED) is 0.862. The van der Waals surface area contributed by atoms with Gasteiger partial charge in [-0.05, 0) is 58.6 Å². The molecule has 112 valence electrons. The van der Waals surface area contributed by atoms with Crippen LogP contribution in [0.2, 0.25) is 0 Å². The summed E-state index contributed by atoms with van der Waals surface area (Å²) in [6.45, 7) is 4.40. The van der Waals surface area contributed by atoms with Crippen LogP contribution in [0.5, 0.6) is 0 Å². The van der Waals surface area contributed by atoms with Crippen LogP contribution in [0.3, 0.4) is 0 Å². The number of likely N-dealkylation sites (tertiary alicyclic amines) is 1. The van der Waals surface area contributed by atoms with Crippen molar-refractivity contribution in [2.24, 2.45) is 0 Å². The fourth-order valence-electron chi connectivity index (χ4n) is 2.93. The maximum atomic E-state index is 11.2. The van der Waals surface area contributed by atoms with Gasteiger partial charge in [0.1, 0.15) is 5.69 Å². The van der Waals surface area contributed by atoms with Gasteiger partial charge < -0.3 is 19.5 Å². The number of piperidine rings is 1. The Bertz CT molecular complexity index is 434. The largest absolute Gasteiger partial charge is 0.477 e. The highest BCUT2D eigenvalue weighted by Gasteiger charge is 2.22. The second kappa shape index (κ2) is 6.90. The molecule has 0 aliphatic carbocycles. The minimum atomic E-state index is -0.830. The van der Waals surface area contributed by atoms with E-state index in [2.05, 4.69) is 23.9 Å². The number of hydrogen-bond acceptors (Lipinski definition) is 3. The molecule has 1 fully saturated rings. The Hall–Kier alpha value is -1.33. The van der Waals surface area contributed by atoms with Crippen LogP contribution in [0.15, 0.2) is 18.3 Å². The minimum Gasteiger partial charge on any atom is -0.477 e. The summed E-state index contributed by atoms with van der Waals surface area (Å²) in [6, 6.07) is 3.85. The van der Waals surface area contributed by atoms with Gasteiger partial charge in [-0.25, -0.2) is 4.79 Å². The molecular formula is C15H25N3O2. The van der Waals surface area contributed by atoms with E-state index in [-0.39, 0.29) is 0 Å². The minimum absolute atomic E-state index is 0.334. The van der Waals surface area contributed by atoms with E-state index >= 15 is 0 Å². The lowest BCUT2D eigenvalue weighted by molar-refractivity contribution is 0.0678. The Balaban J connectivity index is 1.82. The molecule has 5 heteroatoms. The average Bonchev–Trinajstić information content (AvgIpc) is 2.88. The maximum absolute atomic E-state index is 11.2. The lowest BCUT2D eigenvalue weighted by Crippen LogP contribution is -2.36. The summed E-state index contributed by atoms with van der Waals surface area (Å²) in [7, 11) is 4.21. The fourth-order valence-corrected chi connectivity index (χ4v) is 2.93. The summed E-state index contributed by atoms with van der Waals surface area (Å²) in [5.41, 5.74) is 0.413. The fraction of sp³-hybridized carbons (Fsp3) is 0.667. The molecule has 1 saturated heterocycles. The van der Waals surface area contributed by atoms with Crippen molar-refractivity contribution in [1.82, 2.24) is 14.4 Å². The van der Waals surface area contributed by atoms with Crippen molar-refractivity contribution >= 4 is 5.97 Å². The van der Waals surface area contributed by atoms with E-state index in [0.717, 1.165) is 39.0 Å². The number of carboxylic acid groups (broad SMARTS) is 1. The van der Waals surface area contributed by atoms with Gasteiger partial charge >= 0.3 is 5.97 Å². The van der Waals surface area contributed by atoms with Gasteiger partial charge in [0.2, 0.25) is 0 Å². The SMILES string of the molecule is CN(C)CCCN1CCC(n2cccc2C(=O)O)CC1. The lowest BCUT2D eigenvalue weighted by atomic mass is 10.0. The molecule has 2 heterocycles. The zero-order valence-electron chi connectivity index (χ0n) is 12.5. The summed E-state index contributed by atoms with van der Waals surface area (Å²) in [5.74, 6) is -0.830. The van der Waals surface area contributed by atoms with Crippen LogP contribution in [-0.2, 0) is 0 Å². The first-order chi connectivity index (χ1) is 9.58. The normalized spacial score (nSPS) is 17.8. The molecule has 1 aliphatic heterocycles. The van der Waals surface area contributed by atoms with Gasteiger partial charge in [0.05, 0.1) is 0 Å². The lowest BCUT2D eigenvalue weighted by Gasteiger charge is -2.33. The summed E-state index contributed by atoms with van der Waals surface area (Å²) >= 11 is 0. The predicted molar refractivity (Wildman–Crippen MR) is 79.3 cm³/mol. The van der Waals surface area contributed by atoms with Crippen molar-refractivity contribution in [3.8, 4) is 0 Å². The molecule has 1 aliphatic rings. The molecule has 0 spiro atoms. The monoisotopic (exact) mass is 279 g/mol. The molecule has 1 aromatic rings. The number of hydrogen-bond donors (Lipinski definition) is 1. The smallest absolute Gasteiger partial charge is 0.352 e. The number of nitrogens with zero attached hydrogens (tertiary/aromatic N) is 3. The van der Waals surface area contributed by atoms with Crippen LogP contribution < -0.4 is 0 Å². The van der Waals surface area contributed by atoms with E-state index in [0.29, 0.717) is 11.7 Å². The van der Waals surface area contributed by atoms with Gasteiger partial charge in [0, 0.05) is 25.3 Å². The van der Waals surface area contributed by atoms with Gasteiger partial charge in [-0.2, -0.15) is 0 Å². The van der Waals surface area contributed by atoms with Crippen molar-refractivity contribution in [2.45, 2.75) is 25.3 Å². The number of carbonyl (C=O) groups is 1. The van der Waals surface area contributed by atoms with Gasteiger partial charge in [0.25, 0.3) is 0 Å².